The van der Waals surface area contributed by atoms with Crippen molar-refractivity contribution in [1.29, 1.82) is 0 Å². The lowest BCUT2D eigenvalue weighted by Crippen LogP contribution is -2.53. The van der Waals surface area contributed by atoms with Crippen LogP contribution in [0.15, 0.2) is 42.5 Å². The zero-order valence-electron chi connectivity index (χ0n) is 21.7. The van der Waals surface area contributed by atoms with Crippen molar-refractivity contribution in [3.63, 3.8) is 0 Å². The number of nitrogens with one attached hydrogen (secondary N) is 1. The number of benzene rings is 2. The van der Waals surface area contributed by atoms with Crippen molar-refractivity contribution < 1.29 is 22.9 Å². The van der Waals surface area contributed by atoms with Crippen molar-refractivity contribution in [2.75, 3.05) is 17.1 Å². The first-order valence-electron chi connectivity index (χ1n) is 12.4. The molecular weight excluding hydrogens is 532 g/mol. The molecule has 0 spiro atoms. The van der Waals surface area contributed by atoms with E-state index in [1.807, 2.05) is 0 Å². The third-order valence-corrected chi connectivity index (χ3v) is 8.26. The number of carbonyl (C=O) groups is 2. The van der Waals surface area contributed by atoms with E-state index >= 15 is 0 Å². The minimum atomic E-state index is -4.02. The van der Waals surface area contributed by atoms with Crippen LogP contribution in [0, 0.1) is 17.0 Å². The van der Waals surface area contributed by atoms with Crippen LogP contribution in [0.3, 0.4) is 0 Å². The van der Waals surface area contributed by atoms with Crippen molar-refractivity contribution in [2.24, 2.45) is 0 Å². The van der Waals surface area contributed by atoms with Gasteiger partial charge in [-0.2, -0.15) is 0 Å². The van der Waals surface area contributed by atoms with Gasteiger partial charge in [-0.05, 0) is 43.9 Å². The molecule has 0 aliphatic heterocycles. The van der Waals surface area contributed by atoms with Gasteiger partial charge in [0.25, 0.3) is 5.69 Å². The molecule has 3 rings (SSSR count). The molecule has 0 radical (unpaired) electrons. The summed E-state index contributed by atoms with van der Waals surface area (Å²) in [5.41, 5.74) is 0.749. The van der Waals surface area contributed by atoms with Gasteiger partial charge >= 0.3 is 0 Å². The molecule has 2 amide bonds. The minimum Gasteiger partial charge on any atom is -0.352 e. The van der Waals surface area contributed by atoms with Crippen LogP contribution in [0.1, 0.15) is 50.2 Å². The standard InChI is InChI=1S/C26H33ClN4O6S/c1-18-13-14-22(31(34)35)15-24(18)30(38(3,36)37)17-25(32)29(16-20-9-7-8-12-23(20)27)19(2)26(33)28-21-10-5-4-6-11-21/h7-9,12-15,19,21H,4-6,10-11,16-17H2,1-3H3,(H,28,33). The SMILES string of the molecule is Cc1ccc([N+](=O)[O-])cc1N(CC(=O)N(Cc1ccccc1Cl)C(C)C(=O)NC1CCCCC1)S(C)(=O)=O. The normalized spacial score (nSPS) is 14.9. The number of carbonyl (C=O) groups excluding carboxylic acids is 2. The van der Waals surface area contributed by atoms with Crippen molar-refractivity contribution in [2.45, 2.75) is 64.6 Å². The average molecular weight is 565 g/mol. The first-order chi connectivity index (χ1) is 17.9. The molecule has 0 heterocycles. The highest BCUT2D eigenvalue weighted by atomic mass is 35.5. The van der Waals surface area contributed by atoms with Gasteiger partial charge in [0.15, 0.2) is 0 Å². The van der Waals surface area contributed by atoms with Crippen molar-refractivity contribution in [3.05, 3.63) is 68.7 Å². The molecule has 0 bridgehead atoms. The zero-order valence-corrected chi connectivity index (χ0v) is 23.3. The van der Waals surface area contributed by atoms with Crippen LogP contribution in [-0.2, 0) is 26.2 Å². The number of nitro groups is 1. The molecular formula is C26H33ClN4O6S. The lowest BCUT2D eigenvalue weighted by Gasteiger charge is -2.33. The van der Waals surface area contributed by atoms with Crippen molar-refractivity contribution in [1.82, 2.24) is 10.2 Å². The van der Waals surface area contributed by atoms with E-state index in [0.717, 1.165) is 48.7 Å². The highest BCUT2D eigenvalue weighted by molar-refractivity contribution is 7.92. The van der Waals surface area contributed by atoms with Gasteiger partial charge in [-0.1, -0.05) is 55.1 Å². The Morgan fingerprint density at radius 2 is 1.82 bits per heavy atom. The smallest absolute Gasteiger partial charge is 0.271 e. The molecule has 38 heavy (non-hydrogen) atoms. The maximum Gasteiger partial charge on any atom is 0.271 e. The first-order valence-corrected chi connectivity index (χ1v) is 14.7. The number of hydrogen-bond donors (Lipinski definition) is 1. The Hall–Kier alpha value is -3.18. The van der Waals surface area contributed by atoms with E-state index in [2.05, 4.69) is 5.32 Å². The lowest BCUT2D eigenvalue weighted by molar-refractivity contribution is -0.384. The molecule has 1 aliphatic rings. The van der Waals surface area contributed by atoms with E-state index in [1.54, 1.807) is 38.1 Å². The monoisotopic (exact) mass is 564 g/mol. The maximum atomic E-state index is 13.7. The van der Waals surface area contributed by atoms with E-state index < -0.39 is 33.4 Å². The number of rotatable bonds is 10. The number of hydrogen-bond acceptors (Lipinski definition) is 6. The van der Waals surface area contributed by atoms with Crippen LogP contribution in [0.4, 0.5) is 11.4 Å². The van der Waals surface area contributed by atoms with Gasteiger partial charge in [0.2, 0.25) is 21.8 Å². The summed E-state index contributed by atoms with van der Waals surface area (Å²) >= 11 is 6.35. The van der Waals surface area contributed by atoms with Crippen LogP contribution >= 0.6 is 11.6 Å². The Morgan fingerprint density at radius 1 is 1.16 bits per heavy atom. The fourth-order valence-electron chi connectivity index (χ4n) is 4.54. The van der Waals surface area contributed by atoms with E-state index in [4.69, 9.17) is 11.6 Å². The summed E-state index contributed by atoms with van der Waals surface area (Å²) in [4.78, 5) is 38.9. The predicted molar refractivity (Wildman–Crippen MR) is 147 cm³/mol. The van der Waals surface area contributed by atoms with Gasteiger partial charge in [-0.25, -0.2) is 8.42 Å². The summed E-state index contributed by atoms with van der Waals surface area (Å²) in [6.45, 7) is 2.52. The molecule has 1 unspecified atom stereocenters. The molecule has 1 saturated carbocycles. The Morgan fingerprint density at radius 3 is 2.42 bits per heavy atom. The number of sulfonamides is 1. The maximum absolute atomic E-state index is 13.7. The highest BCUT2D eigenvalue weighted by Crippen LogP contribution is 2.28. The van der Waals surface area contributed by atoms with Crippen molar-refractivity contribution in [3.8, 4) is 0 Å². The molecule has 12 heteroatoms. The highest BCUT2D eigenvalue weighted by Gasteiger charge is 2.32. The van der Waals surface area contributed by atoms with E-state index in [0.29, 0.717) is 16.1 Å². The quantitative estimate of drug-likeness (QED) is 0.340. The summed E-state index contributed by atoms with van der Waals surface area (Å²) in [6, 6.07) is 9.82. The summed E-state index contributed by atoms with van der Waals surface area (Å²) in [7, 11) is -4.02. The minimum absolute atomic E-state index is 0.0204. The number of aryl methyl sites for hydroxylation is 1. The first kappa shape index (κ1) is 29.4. The van der Waals surface area contributed by atoms with Gasteiger partial charge in [-0.15, -0.1) is 0 Å². The third kappa shape index (κ3) is 7.44. The van der Waals surface area contributed by atoms with Crippen LogP contribution in [0.5, 0.6) is 0 Å². The molecule has 10 nitrogen and oxygen atoms in total. The van der Waals surface area contributed by atoms with Crippen LogP contribution < -0.4 is 9.62 Å². The fraction of sp³-hybridized carbons (Fsp3) is 0.462. The summed E-state index contributed by atoms with van der Waals surface area (Å²) in [6.07, 6.45) is 5.82. The molecule has 1 atom stereocenters. The van der Waals surface area contributed by atoms with Gasteiger partial charge in [-0.3, -0.25) is 24.0 Å². The topological polar surface area (TPSA) is 130 Å². The Balaban J connectivity index is 1.94. The number of anilines is 1. The molecule has 1 aliphatic carbocycles. The van der Waals surface area contributed by atoms with E-state index in [9.17, 15) is 28.1 Å². The third-order valence-electron chi connectivity index (χ3n) is 6.77. The Kier molecular flexibility index (Phi) is 9.72. The number of non-ortho nitro benzene ring substituents is 1. The second-order valence-electron chi connectivity index (χ2n) is 9.63. The Bertz CT molecular complexity index is 1300. The second kappa shape index (κ2) is 12.6. The van der Waals surface area contributed by atoms with Crippen molar-refractivity contribution >= 4 is 44.8 Å². The molecule has 1 fully saturated rings. The zero-order chi connectivity index (χ0) is 28.0. The van der Waals surface area contributed by atoms with Crippen LogP contribution in [0.2, 0.25) is 5.02 Å². The van der Waals surface area contributed by atoms with Gasteiger partial charge in [0.05, 0.1) is 16.9 Å². The number of nitro benzene ring substituents is 1. The number of halogens is 1. The van der Waals surface area contributed by atoms with Crippen LogP contribution in [-0.4, -0.2) is 54.9 Å². The molecule has 206 valence electrons. The van der Waals surface area contributed by atoms with Gasteiger partial charge < -0.3 is 10.2 Å². The molecule has 2 aromatic rings. The molecule has 1 N–H and O–H groups in total. The second-order valence-corrected chi connectivity index (χ2v) is 11.9. The average Bonchev–Trinajstić information content (AvgIpc) is 2.86. The number of amides is 2. The fourth-order valence-corrected chi connectivity index (χ4v) is 5.63. The number of nitrogens with zero attached hydrogens (tertiary/aromatic N) is 3. The summed E-state index contributed by atoms with van der Waals surface area (Å²) < 4.78 is 26.4. The van der Waals surface area contributed by atoms with E-state index in [1.165, 1.54) is 17.0 Å². The summed E-state index contributed by atoms with van der Waals surface area (Å²) in [5, 5.41) is 14.8. The van der Waals surface area contributed by atoms with Crippen LogP contribution in [0.25, 0.3) is 0 Å². The van der Waals surface area contributed by atoms with Gasteiger partial charge in [0, 0.05) is 29.7 Å². The molecule has 0 saturated heterocycles. The van der Waals surface area contributed by atoms with Gasteiger partial charge in [0.1, 0.15) is 12.6 Å². The molecule has 0 aromatic heterocycles. The Labute approximate surface area is 228 Å². The van der Waals surface area contributed by atoms with E-state index in [-0.39, 0.29) is 29.9 Å². The molecule has 2 aromatic carbocycles. The summed E-state index contributed by atoms with van der Waals surface area (Å²) in [5.74, 6) is -0.984. The lowest BCUT2D eigenvalue weighted by atomic mass is 9.95. The predicted octanol–water partition coefficient (Wildman–Crippen LogP) is 4.19. The largest absolute Gasteiger partial charge is 0.352 e.